The van der Waals surface area contributed by atoms with Gasteiger partial charge in [0.2, 0.25) is 0 Å². The molecule has 1 heterocycles. The minimum Gasteiger partial charge on any atom is -0.480 e. The van der Waals surface area contributed by atoms with Crippen molar-refractivity contribution in [3.05, 3.63) is 106 Å². The summed E-state index contributed by atoms with van der Waals surface area (Å²) >= 11 is 3.26. The third kappa shape index (κ3) is 3.76. The van der Waals surface area contributed by atoms with Gasteiger partial charge < -0.3 is 10.2 Å². The Kier molecular flexibility index (Phi) is 6.21. The fraction of sp³-hybridized carbons (Fsp3) is 0.269. The zero-order valence-corrected chi connectivity index (χ0v) is 19.3. The number of β-amino-alcohol motifs (C(OH)–C–C–N with tert-alkyl or cyclic N) is 1. The maximum Gasteiger partial charge on any atom is 0.317 e. The molecule has 1 aliphatic heterocycles. The summed E-state index contributed by atoms with van der Waals surface area (Å²) in [6, 6.07) is 23.9. The van der Waals surface area contributed by atoms with Crippen LogP contribution in [0.4, 0.5) is 4.39 Å². The Balaban J connectivity index is 1.73. The SMILES string of the molecule is CC[C@@](C(=O)O)(c1cc(F)cc(Br)c1)C1(O)CN(C(c2ccccc2)c2ccccc2)C1. The molecule has 3 aromatic rings. The first kappa shape index (κ1) is 22.6. The van der Waals surface area contributed by atoms with Gasteiger partial charge in [0.15, 0.2) is 0 Å². The highest BCUT2D eigenvalue weighted by molar-refractivity contribution is 9.10. The summed E-state index contributed by atoms with van der Waals surface area (Å²) in [5.41, 5.74) is -0.801. The van der Waals surface area contributed by atoms with Gasteiger partial charge in [0.25, 0.3) is 0 Å². The van der Waals surface area contributed by atoms with Crippen LogP contribution in [0, 0.1) is 5.82 Å². The van der Waals surface area contributed by atoms with Crippen molar-refractivity contribution in [3.8, 4) is 0 Å². The second-order valence-corrected chi connectivity index (χ2v) is 9.30. The zero-order valence-electron chi connectivity index (χ0n) is 17.7. The van der Waals surface area contributed by atoms with Crippen molar-refractivity contribution in [3.63, 3.8) is 0 Å². The normalized spacial score (nSPS) is 17.5. The lowest BCUT2D eigenvalue weighted by atomic mass is 9.61. The zero-order chi connectivity index (χ0) is 22.9. The van der Waals surface area contributed by atoms with Crippen LogP contribution in [0.5, 0.6) is 0 Å². The Hall–Kier alpha value is -2.54. The van der Waals surface area contributed by atoms with Crippen LogP contribution in [-0.4, -0.2) is 39.8 Å². The first-order valence-electron chi connectivity index (χ1n) is 10.6. The molecular weight excluding hydrogens is 473 g/mol. The van der Waals surface area contributed by atoms with E-state index in [1.54, 1.807) is 13.0 Å². The van der Waals surface area contributed by atoms with Crippen LogP contribution in [0.3, 0.4) is 0 Å². The van der Waals surface area contributed by atoms with E-state index in [1.165, 1.54) is 12.1 Å². The highest BCUT2D eigenvalue weighted by atomic mass is 79.9. The lowest BCUT2D eigenvalue weighted by Gasteiger charge is -2.57. The highest BCUT2D eigenvalue weighted by Crippen LogP contribution is 2.48. The maximum atomic E-state index is 14.2. The number of hydrogen-bond acceptors (Lipinski definition) is 3. The van der Waals surface area contributed by atoms with E-state index in [2.05, 4.69) is 20.8 Å². The van der Waals surface area contributed by atoms with Crippen molar-refractivity contribution >= 4 is 21.9 Å². The van der Waals surface area contributed by atoms with E-state index < -0.39 is 22.8 Å². The van der Waals surface area contributed by atoms with Gasteiger partial charge in [-0.2, -0.15) is 0 Å². The predicted octanol–water partition coefficient (Wildman–Crippen LogP) is 5.16. The number of carboxylic acid groups (broad SMARTS) is 1. The summed E-state index contributed by atoms with van der Waals surface area (Å²) in [4.78, 5) is 14.7. The number of rotatable bonds is 7. The van der Waals surface area contributed by atoms with E-state index in [9.17, 15) is 19.4 Å². The Morgan fingerprint density at radius 1 is 1.06 bits per heavy atom. The topological polar surface area (TPSA) is 60.8 Å². The molecule has 1 fully saturated rings. The summed E-state index contributed by atoms with van der Waals surface area (Å²) in [5.74, 6) is -1.70. The molecule has 0 saturated carbocycles. The largest absolute Gasteiger partial charge is 0.480 e. The average molecular weight is 498 g/mol. The number of carboxylic acids is 1. The van der Waals surface area contributed by atoms with Gasteiger partial charge in [-0.15, -0.1) is 0 Å². The van der Waals surface area contributed by atoms with E-state index in [4.69, 9.17) is 0 Å². The minimum atomic E-state index is -1.63. The van der Waals surface area contributed by atoms with Gasteiger partial charge in [0.1, 0.15) is 16.8 Å². The van der Waals surface area contributed by atoms with Gasteiger partial charge in [0.05, 0.1) is 6.04 Å². The molecule has 1 aliphatic rings. The Morgan fingerprint density at radius 3 is 2.03 bits per heavy atom. The van der Waals surface area contributed by atoms with E-state index in [0.717, 1.165) is 11.1 Å². The van der Waals surface area contributed by atoms with Crippen LogP contribution in [0.15, 0.2) is 83.3 Å². The van der Waals surface area contributed by atoms with Crippen molar-refractivity contribution in [2.45, 2.75) is 30.4 Å². The number of benzene rings is 3. The molecule has 6 heteroatoms. The predicted molar refractivity (Wildman–Crippen MR) is 125 cm³/mol. The Morgan fingerprint density at radius 2 is 1.59 bits per heavy atom. The first-order chi connectivity index (χ1) is 15.3. The maximum absolute atomic E-state index is 14.2. The molecular formula is C26H25BrFNO3. The Labute approximate surface area is 195 Å². The van der Waals surface area contributed by atoms with Crippen molar-refractivity contribution in [2.75, 3.05) is 13.1 Å². The molecule has 32 heavy (non-hydrogen) atoms. The van der Waals surface area contributed by atoms with Gasteiger partial charge in [-0.3, -0.25) is 9.69 Å². The summed E-state index contributed by atoms with van der Waals surface area (Å²) in [6.07, 6.45) is 0.129. The van der Waals surface area contributed by atoms with Crippen LogP contribution in [-0.2, 0) is 10.2 Å². The summed E-state index contributed by atoms with van der Waals surface area (Å²) < 4.78 is 14.6. The van der Waals surface area contributed by atoms with Gasteiger partial charge >= 0.3 is 5.97 Å². The molecule has 0 aromatic heterocycles. The number of likely N-dealkylation sites (tertiary alicyclic amines) is 1. The average Bonchev–Trinajstić information content (AvgIpc) is 2.74. The number of halogens is 2. The van der Waals surface area contributed by atoms with Crippen LogP contribution < -0.4 is 0 Å². The van der Waals surface area contributed by atoms with E-state index in [0.29, 0.717) is 4.47 Å². The molecule has 1 saturated heterocycles. The second-order valence-electron chi connectivity index (χ2n) is 8.38. The number of aliphatic carboxylic acids is 1. The fourth-order valence-electron chi connectivity index (χ4n) is 5.04. The molecule has 0 unspecified atom stereocenters. The van der Waals surface area contributed by atoms with Crippen LogP contribution >= 0.6 is 15.9 Å². The van der Waals surface area contributed by atoms with E-state index in [-0.39, 0.29) is 31.1 Å². The van der Waals surface area contributed by atoms with E-state index >= 15 is 0 Å². The minimum absolute atomic E-state index is 0.125. The Bertz CT molecular complexity index is 1040. The van der Waals surface area contributed by atoms with Gasteiger partial charge in [-0.05, 0) is 41.3 Å². The monoisotopic (exact) mass is 497 g/mol. The molecule has 0 radical (unpaired) electrons. The highest BCUT2D eigenvalue weighted by Gasteiger charge is 2.62. The van der Waals surface area contributed by atoms with E-state index in [1.807, 2.05) is 60.7 Å². The lowest BCUT2D eigenvalue weighted by molar-refractivity contribution is -0.186. The van der Waals surface area contributed by atoms with Crippen molar-refractivity contribution in [1.29, 1.82) is 0 Å². The number of nitrogens with zero attached hydrogens (tertiary/aromatic N) is 1. The number of aliphatic hydroxyl groups is 1. The number of carbonyl (C=O) groups is 1. The molecule has 4 rings (SSSR count). The van der Waals surface area contributed by atoms with Crippen LogP contribution in [0.2, 0.25) is 0 Å². The van der Waals surface area contributed by atoms with Gasteiger partial charge in [-0.1, -0.05) is 83.5 Å². The lowest BCUT2D eigenvalue weighted by Crippen LogP contribution is -2.73. The summed E-state index contributed by atoms with van der Waals surface area (Å²) in [5, 5.41) is 22.0. The van der Waals surface area contributed by atoms with Crippen molar-refractivity contribution < 1.29 is 19.4 Å². The third-order valence-corrected chi connectivity index (χ3v) is 7.03. The fourth-order valence-corrected chi connectivity index (χ4v) is 5.50. The molecule has 0 spiro atoms. The van der Waals surface area contributed by atoms with Gasteiger partial charge in [-0.25, -0.2) is 4.39 Å². The summed E-state index contributed by atoms with van der Waals surface area (Å²) in [7, 11) is 0. The molecule has 4 nitrogen and oxygen atoms in total. The third-order valence-electron chi connectivity index (χ3n) is 6.57. The van der Waals surface area contributed by atoms with Crippen LogP contribution in [0.1, 0.15) is 36.1 Å². The van der Waals surface area contributed by atoms with Crippen molar-refractivity contribution in [2.24, 2.45) is 0 Å². The molecule has 0 amide bonds. The molecule has 166 valence electrons. The molecule has 3 aromatic carbocycles. The molecule has 1 atom stereocenters. The first-order valence-corrected chi connectivity index (χ1v) is 11.4. The molecule has 2 N–H and O–H groups in total. The van der Waals surface area contributed by atoms with Crippen molar-refractivity contribution in [1.82, 2.24) is 4.90 Å². The standard InChI is InChI=1S/C26H25BrFNO3/c1-2-26(24(30)31,20-13-21(27)15-22(28)14-20)25(32)16-29(17-25)23(18-9-5-3-6-10-18)19-11-7-4-8-12-19/h3-15,23,32H,2,16-17H2,1H3,(H,30,31)/t26-/m0/s1. The molecule has 0 bridgehead atoms. The summed E-state index contributed by atoms with van der Waals surface area (Å²) in [6.45, 7) is 2.02. The molecule has 0 aliphatic carbocycles. The quantitative estimate of drug-likeness (QED) is 0.473. The van der Waals surface area contributed by atoms with Crippen LogP contribution in [0.25, 0.3) is 0 Å². The van der Waals surface area contributed by atoms with Gasteiger partial charge in [0, 0.05) is 17.6 Å². The smallest absolute Gasteiger partial charge is 0.317 e. The number of hydrogen-bond donors (Lipinski definition) is 2. The second kappa shape index (κ2) is 8.77.